The molecule has 0 radical (unpaired) electrons. The van der Waals surface area contributed by atoms with Gasteiger partial charge in [0.05, 0.1) is 0 Å². The van der Waals surface area contributed by atoms with Gasteiger partial charge in [0.15, 0.2) is 6.17 Å². The van der Waals surface area contributed by atoms with E-state index in [2.05, 4.69) is 15.7 Å². The van der Waals surface area contributed by atoms with Gasteiger partial charge in [-0.15, -0.1) is 0 Å². The molecule has 0 spiro atoms. The summed E-state index contributed by atoms with van der Waals surface area (Å²) < 4.78 is 0. The quantitative estimate of drug-likeness (QED) is 0.618. The van der Waals surface area contributed by atoms with Gasteiger partial charge in [-0.3, -0.25) is 0 Å². The third-order valence-corrected chi connectivity index (χ3v) is 1.39. The lowest BCUT2D eigenvalue weighted by atomic mass is 10.4. The molecule has 0 aromatic carbocycles. The van der Waals surface area contributed by atoms with E-state index in [0.29, 0.717) is 0 Å². The molecule has 5 heteroatoms. The Kier molecular flexibility index (Phi) is 1.96. The summed E-state index contributed by atoms with van der Waals surface area (Å²) in [6.45, 7) is 1.95. The molecule has 5 nitrogen and oxygen atoms in total. The van der Waals surface area contributed by atoms with Crippen molar-refractivity contribution < 1.29 is 4.79 Å². The van der Waals surface area contributed by atoms with Gasteiger partial charge in [0.1, 0.15) is 0 Å². The first-order chi connectivity index (χ1) is 4.79. The Morgan fingerprint density at radius 2 is 2.50 bits per heavy atom. The molecule has 0 fully saturated rings. The third kappa shape index (κ3) is 0.995. The molecule has 1 unspecified atom stereocenters. The van der Waals surface area contributed by atoms with Gasteiger partial charge in [0.25, 0.3) is 0 Å². The summed E-state index contributed by atoms with van der Waals surface area (Å²) >= 11 is 0. The summed E-state index contributed by atoms with van der Waals surface area (Å²) in [5.74, 6) is 0. The minimum absolute atomic E-state index is 0.113. The van der Waals surface area contributed by atoms with Crippen LogP contribution in [0.2, 0.25) is 0 Å². The van der Waals surface area contributed by atoms with E-state index >= 15 is 0 Å². The van der Waals surface area contributed by atoms with Crippen molar-refractivity contribution in [2.75, 3.05) is 7.05 Å². The number of nitrogens with one attached hydrogen (secondary N) is 1. The highest BCUT2D eigenvalue weighted by atomic mass is 16.2. The molecule has 1 aliphatic rings. The lowest BCUT2D eigenvalue weighted by Crippen LogP contribution is -2.41. The number of nitrogens with zero attached hydrogens (tertiary/aromatic N) is 3. The number of hydrazine groups is 1. The maximum Gasteiger partial charge on any atom is 0.378 e. The zero-order valence-electron chi connectivity index (χ0n) is 6.03. The molecule has 56 valence electrons. The van der Waals surface area contributed by atoms with E-state index in [-0.39, 0.29) is 12.2 Å². The van der Waals surface area contributed by atoms with Crippen molar-refractivity contribution in [3.05, 3.63) is 0 Å². The Hall–Kier alpha value is -0.970. The van der Waals surface area contributed by atoms with E-state index < -0.39 is 0 Å². The second-order valence-electron chi connectivity index (χ2n) is 1.98. The fourth-order valence-corrected chi connectivity index (χ4v) is 0.852. The van der Waals surface area contributed by atoms with Crippen molar-refractivity contribution in [1.29, 1.82) is 0 Å². The van der Waals surface area contributed by atoms with Gasteiger partial charge in [-0.1, -0.05) is 12.0 Å². The van der Waals surface area contributed by atoms with Crippen molar-refractivity contribution >= 4 is 6.03 Å². The Morgan fingerprint density at radius 3 is 2.90 bits per heavy atom. The molecule has 1 atom stereocenters. The monoisotopic (exact) mass is 142 g/mol. The smallest absolute Gasteiger partial charge is 0.243 e. The fourth-order valence-electron chi connectivity index (χ4n) is 0.852. The van der Waals surface area contributed by atoms with Gasteiger partial charge < -0.3 is 0 Å². The highest BCUT2D eigenvalue weighted by Gasteiger charge is 2.26. The largest absolute Gasteiger partial charge is 0.378 e. The third-order valence-electron chi connectivity index (χ3n) is 1.39. The Bertz CT molecular complexity index is 167. The number of rotatable bonds is 2. The van der Waals surface area contributed by atoms with Crippen LogP contribution in [0.15, 0.2) is 10.2 Å². The van der Waals surface area contributed by atoms with Gasteiger partial charge >= 0.3 is 6.03 Å². The van der Waals surface area contributed by atoms with E-state index in [0.717, 1.165) is 6.42 Å². The standard InChI is InChI=1S/C5H10N4O/c1-3-4-7-8-5(10)9(4)6-2/h4,6H,3H2,1-2H3. The van der Waals surface area contributed by atoms with Crippen molar-refractivity contribution in [2.24, 2.45) is 10.2 Å². The molecule has 0 aliphatic carbocycles. The number of amides is 2. The average Bonchev–Trinajstić information content (AvgIpc) is 2.30. The Morgan fingerprint density at radius 1 is 1.80 bits per heavy atom. The van der Waals surface area contributed by atoms with Gasteiger partial charge in [0.2, 0.25) is 0 Å². The number of azo groups is 1. The lowest BCUT2D eigenvalue weighted by Gasteiger charge is -2.17. The van der Waals surface area contributed by atoms with Gasteiger partial charge in [-0.05, 0) is 6.42 Å². The van der Waals surface area contributed by atoms with E-state index in [1.54, 1.807) is 7.05 Å². The van der Waals surface area contributed by atoms with E-state index in [1.165, 1.54) is 5.01 Å². The normalized spacial score (nSPS) is 24.4. The number of hydrogen-bond acceptors (Lipinski definition) is 3. The summed E-state index contributed by atoms with van der Waals surface area (Å²) in [5.41, 5.74) is 2.71. The number of carbonyl (C=O) groups is 1. The SMILES string of the molecule is CCC1N=NC(=O)N1NC. The minimum Gasteiger partial charge on any atom is -0.243 e. The molecule has 0 aromatic heterocycles. The first-order valence-corrected chi connectivity index (χ1v) is 3.21. The molecular formula is C5H10N4O. The molecule has 0 saturated carbocycles. The van der Waals surface area contributed by atoms with Gasteiger partial charge in [-0.2, -0.15) is 5.11 Å². The molecule has 0 aromatic rings. The highest BCUT2D eigenvalue weighted by Crippen LogP contribution is 2.11. The average molecular weight is 142 g/mol. The van der Waals surface area contributed by atoms with Crippen LogP contribution in [0, 0.1) is 0 Å². The maximum absolute atomic E-state index is 10.8. The first kappa shape index (κ1) is 7.14. The molecule has 1 heterocycles. The second-order valence-corrected chi connectivity index (χ2v) is 1.98. The molecule has 2 amide bonds. The fraction of sp³-hybridized carbons (Fsp3) is 0.800. The second kappa shape index (κ2) is 2.74. The summed E-state index contributed by atoms with van der Waals surface area (Å²) in [6.07, 6.45) is 0.674. The summed E-state index contributed by atoms with van der Waals surface area (Å²) in [5, 5.41) is 8.52. The van der Waals surface area contributed by atoms with Crippen molar-refractivity contribution in [2.45, 2.75) is 19.5 Å². The van der Waals surface area contributed by atoms with Crippen LogP contribution >= 0.6 is 0 Å². The molecular weight excluding hydrogens is 132 g/mol. The van der Waals surface area contributed by atoms with E-state index in [1.807, 2.05) is 6.92 Å². The van der Waals surface area contributed by atoms with Crippen LogP contribution in [-0.4, -0.2) is 24.3 Å². The molecule has 0 saturated heterocycles. The zero-order valence-corrected chi connectivity index (χ0v) is 6.03. The topological polar surface area (TPSA) is 57.1 Å². The predicted octanol–water partition coefficient (Wildman–Crippen LogP) is 0.745. The highest BCUT2D eigenvalue weighted by molar-refractivity contribution is 5.75. The van der Waals surface area contributed by atoms with E-state index in [9.17, 15) is 4.79 Å². The summed E-state index contributed by atoms with van der Waals surface area (Å²) in [4.78, 5) is 10.8. The van der Waals surface area contributed by atoms with Crippen LogP contribution in [0.3, 0.4) is 0 Å². The summed E-state index contributed by atoms with van der Waals surface area (Å²) in [7, 11) is 1.68. The van der Waals surface area contributed by atoms with Gasteiger partial charge in [-0.25, -0.2) is 15.2 Å². The van der Waals surface area contributed by atoms with Crippen LogP contribution in [0.25, 0.3) is 0 Å². The van der Waals surface area contributed by atoms with Crippen LogP contribution < -0.4 is 5.43 Å². The Balaban J connectivity index is 2.62. The van der Waals surface area contributed by atoms with Crippen molar-refractivity contribution in [3.63, 3.8) is 0 Å². The number of urea groups is 1. The first-order valence-electron chi connectivity index (χ1n) is 3.21. The van der Waals surface area contributed by atoms with Crippen molar-refractivity contribution in [3.8, 4) is 0 Å². The van der Waals surface area contributed by atoms with Crippen molar-refractivity contribution in [1.82, 2.24) is 10.4 Å². The van der Waals surface area contributed by atoms with Crippen LogP contribution in [0.4, 0.5) is 4.79 Å². The summed E-state index contributed by atoms with van der Waals surface area (Å²) in [6, 6.07) is -0.311. The van der Waals surface area contributed by atoms with Crippen LogP contribution in [-0.2, 0) is 0 Å². The Labute approximate surface area is 59.1 Å². The lowest BCUT2D eigenvalue weighted by molar-refractivity contribution is 0.173. The molecule has 1 aliphatic heterocycles. The number of hydrogen-bond donors (Lipinski definition) is 1. The molecule has 1 rings (SSSR count). The molecule has 0 bridgehead atoms. The van der Waals surface area contributed by atoms with Gasteiger partial charge in [0, 0.05) is 7.05 Å². The van der Waals surface area contributed by atoms with Crippen LogP contribution in [0.1, 0.15) is 13.3 Å². The zero-order chi connectivity index (χ0) is 7.56. The molecule has 10 heavy (non-hydrogen) atoms. The van der Waals surface area contributed by atoms with E-state index in [4.69, 9.17) is 0 Å². The predicted molar refractivity (Wildman–Crippen MR) is 35.2 cm³/mol. The minimum atomic E-state index is -0.311. The van der Waals surface area contributed by atoms with Crippen LogP contribution in [0.5, 0.6) is 0 Å². The molecule has 1 N–H and O–H groups in total. The number of carbonyl (C=O) groups excluding carboxylic acids is 1. The maximum atomic E-state index is 10.8.